The summed E-state index contributed by atoms with van der Waals surface area (Å²) >= 11 is 0. The number of hydrogen-bond donors (Lipinski definition) is 0. The van der Waals surface area contributed by atoms with Gasteiger partial charge in [0.15, 0.2) is 0 Å². The van der Waals surface area contributed by atoms with Crippen molar-refractivity contribution >= 4 is 5.71 Å². The first kappa shape index (κ1) is 11.9. The predicted octanol–water partition coefficient (Wildman–Crippen LogP) is 3.89. The van der Waals surface area contributed by atoms with Gasteiger partial charge in [0.25, 0.3) is 0 Å². The summed E-state index contributed by atoms with van der Waals surface area (Å²) in [7, 11) is 0. The van der Waals surface area contributed by atoms with Gasteiger partial charge in [0.1, 0.15) is 0 Å². The van der Waals surface area contributed by atoms with Gasteiger partial charge in [0.2, 0.25) is 0 Å². The number of hydrogen-bond acceptors (Lipinski definition) is 1. The van der Waals surface area contributed by atoms with E-state index in [4.69, 9.17) is 0 Å². The quantitative estimate of drug-likeness (QED) is 0.458. The van der Waals surface area contributed by atoms with Crippen LogP contribution in [0.25, 0.3) is 0 Å². The Bertz CT molecular complexity index is 261. The Morgan fingerprint density at radius 2 is 1.62 bits per heavy atom. The first-order valence-electron chi connectivity index (χ1n) is 4.56. The molecule has 0 aromatic carbocycles. The third-order valence-corrected chi connectivity index (χ3v) is 1.71. The molecule has 0 bridgehead atoms. The van der Waals surface area contributed by atoms with Crippen LogP contribution < -0.4 is 0 Å². The van der Waals surface area contributed by atoms with Gasteiger partial charge in [0, 0.05) is 11.4 Å². The van der Waals surface area contributed by atoms with E-state index in [0.29, 0.717) is 0 Å². The van der Waals surface area contributed by atoms with Gasteiger partial charge in [-0.05, 0) is 40.7 Å². The maximum Gasteiger partial charge on any atom is 0.0375 e. The van der Waals surface area contributed by atoms with Gasteiger partial charge in [-0.1, -0.05) is 23.8 Å². The summed E-state index contributed by atoms with van der Waals surface area (Å²) in [6, 6.07) is 0. The Hall–Kier alpha value is -1.11. The molecule has 0 radical (unpaired) electrons. The lowest BCUT2D eigenvalue weighted by Gasteiger charge is -1.96. The van der Waals surface area contributed by atoms with Crippen LogP contribution in [0.1, 0.15) is 34.6 Å². The molecule has 0 aliphatic carbocycles. The monoisotopic (exact) mass is 177 g/mol. The van der Waals surface area contributed by atoms with Crippen LogP contribution in [0.5, 0.6) is 0 Å². The summed E-state index contributed by atoms with van der Waals surface area (Å²) in [5.41, 5.74) is 3.40. The first-order valence-corrected chi connectivity index (χ1v) is 4.56. The summed E-state index contributed by atoms with van der Waals surface area (Å²) in [6.07, 6.45) is 8.00. The minimum Gasteiger partial charge on any atom is -0.259 e. The molecule has 0 amide bonds. The van der Waals surface area contributed by atoms with Crippen molar-refractivity contribution in [3.05, 3.63) is 35.6 Å². The molecule has 0 unspecified atom stereocenters. The third kappa shape index (κ3) is 6.09. The molecule has 72 valence electrons. The Kier molecular flexibility index (Phi) is 5.86. The van der Waals surface area contributed by atoms with Crippen LogP contribution in [0.2, 0.25) is 0 Å². The molecule has 0 rings (SSSR count). The highest BCUT2D eigenvalue weighted by Crippen LogP contribution is 2.03. The first-order chi connectivity index (χ1) is 6.07. The smallest absolute Gasteiger partial charge is 0.0375 e. The molecule has 0 aliphatic heterocycles. The second-order valence-electron chi connectivity index (χ2n) is 3.22. The average molecular weight is 177 g/mol. The molecule has 0 N–H and O–H groups in total. The number of nitrogens with zero attached hydrogens (tertiary/aromatic N) is 1. The lowest BCUT2D eigenvalue weighted by molar-refractivity contribution is 1.19. The Morgan fingerprint density at radius 3 is 2.08 bits per heavy atom. The van der Waals surface area contributed by atoms with Crippen molar-refractivity contribution in [1.29, 1.82) is 0 Å². The van der Waals surface area contributed by atoms with Gasteiger partial charge < -0.3 is 0 Å². The topological polar surface area (TPSA) is 12.4 Å². The summed E-state index contributed by atoms with van der Waals surface area (Å²) < 4.78 is 0. The fourth-order valence-electron chi connectivity index (χ4n) is 0.720. The van der Waals surface area contributed by atoms with E-state index in [1.807, 2.05) is 45.1 Å². The van der Waals surface area contributed by atoms with Gasteiger partial charge in [-0.2, -0.15) is 0 Å². The molecule has 0 aliphatic rings. The highest BCUT2D eigenvalue weighted by atomic mass is 14.7. The van der Waals surface area contributed by atoms with Gasteiger partial charge in [0.05, 0.1) is 0 Å². The second-order valence-corrected chi connectivity index (χ2v) is 3.22. The largest absolute Gasteiger partial charge is 0.259 e. The van der Waals surface area contributed by atoms with E-state index in [1.165, 1.54) is 5.57 Å². The van der Waals surface area contributed by atoms with Crippen LogP contribution in [-0.4, -0.2) is 5.71 Å². The van der Waals surface area contributed by atoms with Gasteiger partial charge in [-0.3, -0.25) is 4.99 Å². The average Bonchev–Trinajstić information content (AvgIpc) is 2.04. The summed E-state index contributed by atoms with van der Waals surface area (Å²) in [5, 5.41) is 0. The lowest BCUT2D eigenvalue weighted by Crippen LogP contribution is -1.85. The fraction of sp³-hybridized carbons (Fsp3) is 0.417. The summed E-state index contributed by atoms with van der Waals surface area (Å²) in [5.74, 6) is 0. The SMILES string of the molecule is C\C=C/C=C\C(C)=N\C(C)=C(C)C. The van der Waals surface area contributed by atoms with Crippen LogP contribution in [0.15, 0.2) is 40.6 Å². The minimum atomic E-state index is 1.04. The predicted molar refractivity (Wildman–Crippen MR) is 61.1 cm³/mol. The van der Waals surface area contributed by atoms with Gasteiger partial charge in [-0.15, -0.1) is 0 Å². The maximum atomic E-state index is 4.42. The Labute approximate surface area is 81.6 Å². The van der Waals surface area contributed by atoms with E-state index in [-0.39, 0.29) is 0 Å². The van der Waals surface area contributed by atoms with E-state index in [2.05, 4.69) is 18.8 Å². The normalized spacial score (nSPS) is 12.8. The molecule has 0 spiro atoms. The van der Waals surface area contributed by atoms with Crippen molar-refractivity contribution in [2.75, 3.05) is 0 Å². The molecule has 0 saturated heterocycles. The van der Waals surface area contributed by atoms with E-state index in [0.717, 1.165) is 11.4 Å². The zero-order valence-electron chi connectivity index (χ0n) is 9.26. The van der Waals surface area contributed by atoms with E-state index in [1.54, 1.807) is 0 Å². The maximum absolute atomic E-state index is 4.42. The van der Waals surface area contributed by atoms with Crippen LogP contribution in [0, 0.1) is 0 Å². The number of rotatable bonds is 3. The van der Waals surface area contributed by atoms with Crippen molar-refractivity contribution in [3.8, 4) is 0 Å². The standard InChI is InChI=1S/C12H19N/c1-6-7-8-9-11(4)13-12(5)10(2)3/h6-9H,1-5H3/b7-6-,9-8-,13-11+. The molecule has 0 fully saturated rings. The summed E-state index contributed by atoms with van der Waals surface area (Å²) in [4.78, 5) is 4.42. The van der Waals surface area contributed by atoms with Crippen LogP contribution in [0.4, 0.5) is 0 Å². The molecule has 0 saturated carbocycles. The highest BCUT2D eigenvalue weighted by molar-refractivity contribution is 5.93. The van der Waals surface area contributed by atoms with Crippen molar-refractivity contribution < 1.29 is 0 Å². The molecule has 0 aromatic heterocycles. The van der Waals surface area contributed by atoms with E-state index < -0.39 is 0 Å². The molecular formula is C12H19N. The highest BCUT2D eigenvalue weighted by Gasteiger charge is 1.88. The van der Waals surface area contributed by atoms with E-state index >= 15 is 0 Å². The molecule has 0 aromatic rings. The van der Waals surface area contributed by atoms with Crippen LogP contribution >= 0.6 is 0 Å². The third-order valence-electron chi connectivity index (χ3n) is 1.71. The zero-order valence-corrected chi connectivity index (χ0v) is 9.26. The van der Waals surface area contributed by atoms with Gasteiger partial charge in [-0.25, -0.2) is 0 Å². The molecule has 13 heavy (non-hydrogen) atoms. The number of allylic oxidation sites excluding steroid dienone is 6. The van der Waals surface area contributed by atoms with Crippen LogP contribution in [-0.2, 0) is 0 Å². The minimum absolute atomic E-state index is 1.04. The van der Waals surface area contributed by atoms with E-state index in [9.17, 15) is 0 Å². The van der Waals surface area contributed by atoms with Gasteiger partial charge >= 0.3 is 0 Å². The molecule has 1 heteroatoms. The lowest BCUT2D eigenvalue weighted by atomic mass is 10.3. The van der Waals surface area contributed by atoms with Crippen molar-refractivity contribution in [2.45, 2.75) is 34.6 Å². The zero-order chi connectivity index (χ0) is 10.3. The van der Waals surface area contributed by atoms with Crippen molar-refractivity contribution in [3.63, 3.8) is 0 Å². The second kappa shape index (κ2) is 6.41. The Balaban J connectivity index is 4.43. The fourth-order valence-corrected chi connectivity index (χ4v) is 0.720. The van der Waals surface area contributed by atoms with Crippen molar-refractivity contribution in [2.24, 2.45) is 4.99 Å². The molecule has 1 nitrogen and oxygen atoms in total. The molecule has 0 heterocycles. The summed E-state index contributed by atoms with van der Waals surface area (Å²) in [6.45, 7) is 10.2. The number of aliphatic imine (C=N–C) groups is 1. The molecule has 0 atom stereocenters. The Morgan fingerprint density at radius 1 is 1.00 bits per heavy atom. The van der Waals surface area contributed by atoms with Crippen molar-refractivity contribution in [1.82, 2.24) is 0 Å². The molecular weight excluding hydrogens is 158 g/mol. The van der Waals surface area contributed by atoms with Crippen LogP contribution in [0.3, 0.4) is 0 Å².